The summed E-state index contributed by atoms with van der Waals surface area (Å²) in [6.45, 7) is 4.27. The number of ether oxygens (including phenoxy) is 2. The third kappa shape index (κ3) is 2.66. The molecule has 1 N–H and O–H groups in total. The van der Waals surface area contributed by atoms with Crippen LogP contribution in [0.1, 0.15) is 31.7 Å². The van der Waals surface area contributed by atoms with Crippen molar-refractivity contribution in [3.05, 3.63) is 71.5 Å². The van der Waals surface area contributed by atoms with Crippen LogP contribution in [0.15, 0.2) is 65.9 Å². The number of benzene rings is 2. The highest BCUT2D eigenvalue weighted by Crippen LogP contribution is 2.64. The van der Waals surface area contributed by atoms with Crippen LogP contribution in [0.25, 0.3) is 11.1 Å². The van der Waals surface area contributed by atoms with Gasteiger partial charge in [0.2, 0.25) is 0 Å². The molecule has 2 aromatic carbocycles. The molecular weight excluding hydrogens is 412 g/mol. The number of rotatable bonds is 4. The standard InChI is InChI=1S/C28H30N2O3/c1-4-27-12-5-14-30-15-13-28(26(27)30)22-16-19(18-6-9-20(32-2)10-7-18)8-11-23(22)29-24(28)21(17-27)25(31)33-3/h5-12,16,26,29H,4,13-15,17H2,1-3H3/t26-,27-,28-/m0/s1. The van der Waals surface area contributed by atoms with Crippen LogP contribution in [0.2, 0.25) is 0 Å². The minimum absolute atomic E-state index is 0.0683. The fourth-order valence-electron chi connectivity index (χ4n) is 7.02. The zero-order valence-electron chi connectivity index (χ0n) is 19.5. The first-order chi connectivity index (χ1) is 16.1. The second kappa shape index (κ2) is 7.22. The third-order valence-corrected chi connectivity index (χ3v) is 8.49. The van der Waals surface area contributed by atoms with Crippen LogP contribution in [-0.2, 0) is 14.9 Å². The normalized spacial score (nSPS) is 29.2. The summed E-state index contributed by atoms with van der Waals surface area (Å²) in [5.74, 6) is 0.650. The van der Waals surface area contributed by atoms with Crippen LogP contribution in [0, 0.1) is 5.41 Å². The van der Waals surface area contributed by atoms with E-state index >= 15 is 0 Å². The molecule has 170 valence electrons. The quantitative estimate of drug-likeness (QED) is 0.539. The van der Waals surface area contributed by atoms with E-state index in [1.807, 2.05) is 12.1 Å². The molecule has 1 saturated heterocycles. The first-order valence-electron chi connectivity index (χ1n) is 11.9. The average molecular weight is 443 g/mol. The van der Waals surface area contributed by atoms with Crippen molar-refractivity contribution in [3.63, 3.8) is 0 Å². The van der Waals surface area contributed by atoms with Crippen LogP contribution in [0.3, 0.4) is 0 Å². The van der Waals surface area contributed by atoms with Gasteiger partial charge in [-0.05, 0) is 60.2 Å². The zero-order chi connectivity index (χ0) is 22.8. The first kappa shape index (κ1) is 20.5. The van der Waals surface area contributed by atoms with E-state index in [9.17, 15) is 4.79 Å². The van der Waals surface area contributed by atoms with E-state index < -0.39 is 0 Å². The molecule has 1 fully saturated rings. The van der Waals surface area contributed by atoms with Crippen molar-refractivity contribution < 1.29 is 14.3 Å². The summed E-state index contributed by atoms with van der Waals surface area (Å²) in [6.07, 6.45) is 7.41. The fourth-order valence-corrected chi connectivity index (χ4v) is 7.02. The van der Waals surface area contributed by atoms with Gasteiger partial charge in [0.25, 0.3) is 0 Å². The van der Waals surface area contributed by atoms with Gasteiger partial charge in [-0.15, -0.1) is 0 Å². The molecule has 0 amide bonds. The predicted octanol–water partition coefficient (Wildman–Crippen LogP) is 4.90. The lowest BCUT2D eigenvalue weighted by Gasteiger charge is -2.53. The van der Waals surface area contributed by atoms with Gasteiger partial charge >= 0.3 is 5.97 Å². The van der Waals surface area contributed by atoms with Gasteiger partial charge in [-0.3, -0.25) is 4.90 Å². The highest BCUT2D eigenvalue weighted by atomic mass is 16.5. The number of nitrogens with zero attached hydrogens (tertiary/aromatic N) is 1. The number of anilines is 1. The Morgan fingerprint density at radius 2 is 1.94 bits per heavy atom. The van der Waals surface area contributed by atoms with Crippen molar-refractivity contribution >= 4 is 11.7 Å². The highest BCUT2D eigenvalue weighted by molar-refractivity contribution is 5.93. The van der Waals surface area contributed by atoms with Crippen LogP contribution < -0.4 is 10.1 Å². The lowest BCUT2D eigenvalue weighted by Crippen LogP contribution is -2.58. The number of esters is 1. The van der Waals surface area contributed by atoms with Gasteiger partial charge in [-0.1, -0.05) is 37.3 Å². The predicted molar refractivity (Wildman–Crippen MR) is 129 cm³/mol. The van der Waals surface area contributed by atoms with Crippen LogP contribution in [0.4, 0.5) is 5.69 Å². The number of fused-ring (bicyclic) bond motifs is 1. The summed E-state index contributed by atoms with van der Waals surface area (Å²) < 4.78 is 10.6. The molecule has 6 rings (SSSR count). The van der Waals surface area contributed by atoms with Gasteiger partial charge in [0.15, 0.2) is 0 Å². The van der Waals surface area contributed by atoms with Gasteiger partial charge in [0, 0.05) is 35.9 Å². The van der Waals surface area contributed by atoms with Crippen molar-refractivity contribution in [2.75, 3.05) is 32.6 Å². The smallest absolute Gasteiger partial charge is 0.335 e. The van der Waals surface area contributed by atoms with Crippen LogP contribution in [-0.4, -0.2) is 44.2 Å². The molecule has 0 unspecified atom stereocenters. The summed E-state index contributed by atoms with van der Waals surface area (Å²) in [4.78, 5) is 15.7. The Balaban J connectivity index is 1.57. The van der Waals surface area contributed by atoms with Gasteiger partial charge in [-0.2, -0.15) is 0 Å². The van der Waals surface area contributed by atoms with Gasteiger partial charge < -0.3 is 14.8 Å². The summed E-state index contributed by atoms with van der Waals surface area (Å²) in [7, 11) is 3.18. The number of carbonyl (C=O) groups excluding carboxylic acids is 1. The van der Waals surface area contributed by atoms with Gasteiger partial charge in [-0.25, -0.2) is 4.79 Å². The molecule has 33 heavy (non-hydrogen) atoms. The molecule has 1 spiro atoms. The second-order valence-corrected chi connectivity index (χ2v) is 9.74. The molecule has 0 radical (unpaired) electrons. The highest BCUT2D eigenvalue weighted by Gasteiger charge is 2.65. The Hall–Kier alpha value is -3.05. The molecule has 5 nitrogen and oxygen atoms in total. The third-order valence-electron chi connectivity index (χ3n) is 8.49. The van der Waals surface area contributed by atoms with E-state index in [0.29, 0.717) is 6.04 Å². The van der Waals surface area contributed by atoms with Crippen LogP contribution >= 0.6 is 0 Å². The first-order valence-corrected chi connectivity index (χ1v) is 11.9. The number of methoxy groups -OCH3 is 2. The Kier molecular flexibility index (Phi) is 4.50. The lowest BCUT2D eigenvalue weighted by atomic mass is 9.55. The van der Waals surface area contributed by atoms with Crippen molar-refractivity contribution in [2.24, 2.45) is 5.41 Å². The number of hydrogen-bond acceptors (Lipinski definition) is 5. The number of hydrogen-bond donors (Lipinski definition) is 1. The van der Waals surface area contributed by atoms with Gasteiger partial charge in [0.1, 0.15) is 5.75 Å². The molecule has 3 heterocycles. The molecule has 2 aromatic rings. The second-order valence-electron chi connectivity index (χ2n) is 9.74. The lowest BCUT2D eigenvalue weighted by molar-refractivity contribution is -0.137. The number of nitrogens with one attached hydrogen (secondary N) is 1. The SMILES string of the molecule is CC[C@]12C=CCN3CC[C@]4(C(=C(C(=O)OC)C1)Nc1ccc(-c5ccc(OC)cc5)cc14)[C@@H]32. The van der Waals surface area contributed by atoms with E-state index in [1.165, 1.54) is 18.2 Å². The van der Waals surface area contributed by atoms with Crippen molar-refractivity contribution in [3.8, 4) is 16.9 Å². The summed E-state index contributed by atoms with van der Waals surface area (Å²) >= 11 is 0. The average Bonchev–Trinajstić information content (AvgIpc) is 3.43. The van der Waals surface area contributed by atoms with Crippen molar-refractivity contribution in [1.82, 2.24) is 4.90 Å². The topological polar surface area (TPSA) is 50.8 Å². The molecule has 0 saturated carbocycles. The minimum Gasteiger partial charge on any atom is -0.497 e. The van der Waals surface area contributed by atoms with E-state index in [-0.39, 0.29) is 16.8 Å². The summed E-state index contributed by atoms with van der Waals surface area (Å²) in [5.41, 5.74) is 6.37. The molecule has 5 heteroatoms. The van der Waals surface area contributed by atoms with E-state index in [1.54, 1.807) is 7.11 Å². The molecule has 4 aliphatic rings. The Labute approximate surface area is 195 Å². The van der Waals surface area contributed by atoms with Gasteiger partial charge in [0.05, 0.1) is 25.2 Å². The number of carbonyl (C=O) groups is 1. The monoisotopic (exact) mass is 442 g/mol. The van der Waals surface area contributed by atoms with Crippen molar-refractivity contribution in [2.45, 2.75) is 37.6 Å². The largest absolute Gasteiger partial charge is 0.497 e. The maximum atomic E-state index is 13.0. The molecule has 0 bridgehead atoms. The van der Waals surface area contributed by atoms with E-state index in [4.69, 9.17) is 9.47 Å². The molecule has 0 aromatic heterocycles. The summed E-state index contributed by atoms with van der Waals surface area (Å²) in [6, 6.07) is 15.3. The Morgan fingerprint density at radius 3 is 2.67 bits per heavy atom. The van der Waals surface area contributed by atoms with Crippen LogP contribution in [0.5, 0.6) is 5.75 Å². The fraction of sp³-hybridized carbons (Fsp3) is 0.393. The molecule has 3 atom stereocenters. The maximum absolute atomic E-state index is 13.0. The van der Waals surface area contributed by atoms with Crippen molar-refractivity contribution in [1.29, 1.82) is 0 Å². The minimum atomic E-state index is -0.222. The molecule has 3 aliphatic heterocycles. The molecule has 1 aliphatic carbocycles. The summed E-state index contributed by atoms with van der Waals surface area (Å²) in [5, 5.41) is 3.70. The Bertz CT molecular complexity index is 1200. The maximum Gasteiger partial charge on any atom is 0.335 e. The van der Waals surface area contributed by atoms with E-state index in [2.05, 4.69) is 59.6 Å². The van der Waals surface area contributed by atoms with E-state index in [0.717, 1.165) is 60.6 Å². The Morgan fingerprint density at radius 1 is 1.15 bits per heavy atom. The zero-order valence-corrected chi connectivity index (χ0v) is 19.5. The molecular formula is C28H30N2O3.